The smallest absolute Gasteiger partial charge is 0.240 e. The lowest BCUT2D eigenvalue weighted by Gasteiger charge is -2.29. The fourth-order valence-corrected chi connectivity index (χ4v) is 3.22. The van der Waals surface area contributed by atoms with Gasteiger partial charge in [0.1, 0.15) is 5.52 Å². The molecule has 1 aromatic carbocycles. The predicted octanol–water partition coefficient (Wildman–Crippen LogP) is 3.71. The van der Waals surface area contributed by atoms with Gasteiger partial charge in [0, 0.05) is 18.4 Å². The Labute approximate surface area is 140 Å². The van der Waals surface area contributed by atoms with E-state index in [0.29, 0.717) is 18.4 Å². The van der Waals surface area contributed by atoms with Crippen LogP contribution < -0.4 is 0 Å². The molecule has 4 rings (SSSR count). The standard InChI is InChI=1S/C18H22N4O2/c1-12(2)17-20-16(24-21-17)11-22-9-5-6-13(10-22)18-19-14-7-3-4-8-15(14)23-18/h3-4,7-8,12-13H,5-6,9-11H2,1-2H3/t13-/m1/s1. The van der Waals surface area contributed by atoms with Crippen LogP contribution in [0.15, 0.2) is 33.2 Å². The zero-order chi connectivity index (χ0) is 16.5. The minimum absolute atomic E-state index is 0.288. The molecule has 0 unspecified atom stereocenters. The molecule has 24 heavy (non-hydrogen) atoms. The van der Waals surface area contributed by atoms with Crippen molar-refractivity contribution in [2.24, 2.45) is 0 Å². The van der Waals surface area contributed by atoms with Crippen LogP contribution >= 0.6 is 0 Å². The van der Waals surface area contributed by atoms with Gasteiger partial charge in [0.2, 0.25) is 5.89 Å². The molecule has 6 nitrogen and oxygen atoms in total. The van der Waals surface area contributed by atoms with Crippen molar-refractivity contribution in [3.63, 3.8) is 0 Å². The maximum Gasteiger partial charge on any atom is 0.240 e. The van der Waals surface area contributed by atoms with E-state index < -0.39 is 0 Å². The van der Waals surface area contributed by atoms with Crippen LogP contribution in [0.5, 0.6) is 0 Å². The number of likely N-dealkylation sites (tertiary alicyclic amines) is 1. The minimum Gasteiger partial charge on any atom is -0.440 e. The fourth-order valence-electron chi connectivity index (χ4n) is 3.22. The summed E-state index contributed by atoms with van der Waals surface area (Å²) < 4.78 is 11.3. The zero-order valence-corrected chi connectivity index (χ0v) is 14.1. The normalized spacial score (nSPS) is 19.4. The van der Waals surface area contributed by atoms with Crippen LogP contribution in [0.4, 0.5) is 0 Å². The Morgan fingerprint density at radius 3 is 2.92 bits per heavy atom. The molecule has 3 aromatic rings. The van der Waals surface area contributed by atoms with Gasteiger partial charge in [0.05, 0.1) is 6.54 Å². The molecular weight excluding hydrogens is 304 g/mol. The summed E-state index contributed by atoms with van der Waals surface area (Å²) in [5.41, 5.74) is 1.80. The first-order valence-electron chi connectivity index (χ1n) is 8.59. The predicted molar refractivity (Wildman–Crippen MR) is 89.6 cm³/mol. The summed E-state index contributed by atoms with van der Waals surface area (Å²) in [5.74, 6) is 2.92. The maximum absolute atomic E-state index is 5.95. The number of hydrogen-bond donors (Lipinski definition) is 0. The third-order valence-corrected chi connectivity index (χ3v) is 4.52. The largest absolute Gasteiger partial charge is 0.440 e. The van der Waals surface area contributed by atoms with Gasteiger partial charge in [-0.05, 0) is 31.5 Å². The van der Waals surface area contributed by atoms with Gasteiger partial charge >= 0.3 is 0 Å². The Bertz CT molecular complexity index is 790. The van der Waals surface area contributed by atoms with Gasteiger partial charge in [0.25, 0.3) is 0 Å². The lowest BCUT2D eigenvalue weighted by molar-refractivity contribution is 0.167. The monoisotopic (exact) mass is 326 g/mol. The van der Waals surface area contributed by atoms with E-state index >= 15 is 0 Å². The van der Waals surface area contributed by atoms with Crippen LogP contribution in [0.3, 0.4) is 0 Å². The molecule has 6 heteroatoms. The van der Waals surface area contributed by atoms with Gasteiger partial charge in [-0.2, -0.15) is 4.98 Å². The van der Waals surface area contributed by atoms with Crippen molar-refractivity contribution in [3.05, 3.63) is 41.9 Å². The number of para-hydroxylation sites is 2. The van der Waals surface area contributed by atoms with Crippen LogP contribution in [-0.2, 0) is 6.54 Å². The van der Waals surface area contributed by atoms with Crippen molar-refractivity contribution in [1.82, 2.24) is 20.0 Å². The third-order valence-electron chi connectivity index (χ3n) is 4.52. The molecule has 0 N–H and O–H groups in total. The lowest BCUT2D eigenvalue weighted by atomic mass is 9.98. The van der Waals surface area contributed by atoms with Crippen LogP contribution in [0.2, 0.25) is 0 Å². The Kier molecular flexibility index (Phi) is 4.06. The number of oxazole rings is 1. The Hall–Kier alpha value is -2.21. The Morgan fingerprint density at radius 1 is 1.25 bits per heavy atom. The van der Waals surface area contributed by atoms with Crippen LogP contribution in [0.1, 0.15) is 56.1 Å². The van der Waals surface area contributed by atoms with Crippen LogP contribution in [0.25, 0.3) is 11.1 Å². The summed E-state index contributed by atoms with van der Waals surface area (Å²) in [6, 6.07) is 7.93. The highest BCUT2D eigenvalue weighted by Crippen LogP contribution is 2.29. The van der Waals surface area contributed by atoms with Crippen molar-refractivity contribution in [2.75, 3.05) is 13.1 Å². The van der Waals surface area contributed by atoms with Gasteiger partial charge in [-0.3, -0.25) is 4.90 Å². The number of fused-ring (bicyclic) bond motifs is 1. The molecule has 1 aliphatic rings. The van der Waals surface area contributed by atoms with Crippen LogP contribution in [-0.4, -0.2) is 33.1 Å². The molecule has 126 valence electrons. The molecular formula is C18H22N4O2. The zero-order valence-electron chi connectivity index (χ0n) is 14.1. The summed E-state index contributed by atoms with van der Waals surface area (Å²) in [7, 11) is 0. The van der Waals surface area contributed by atoms with Gasteiger partial charge in [-0.15, -0.1) is 0 Å². The van der Waals surface area contributed by atoms with E-state index in [4.69, 9.17) is 8.94 Å². The molecule has 0 bridgehead atoms. The van der Waals surface area contributed by atoms with Crippen LogP contribution in [0, 0.1) is 0 Å². The van der Waals surface area contributed by atoms with E-state index in [1.807, 2.05) is 24.3 Å². The second-order valence-electron chi connectivity index (χ2n) is 6.80. The van der Waals surface area contributed by atoms with Gasteiger partial charge < -0.3 is 8.94 Å². The van der Waals surface area contributed by atoms with Crippen molar-refractivity contribution in [1.29, 1.82) is 0 Å². The third kappa shape index (κ3) is 3.06. The lowest BCUT2D eigenvalue weighted by Crippen LogP contribution is -2.34. The molecule has 1 aliphatic heterocycles. The second kappa shape index (κ2) is 6.36. The van der Waals surface area contributed by atoms with Gasteiger partial charge in [-0.25, -0.2) is 4.98 Å². The van der Waals surface area contributed by atoms with E-state index in [-0.39, 0.29) is 5.92 Å². The number of nitrogens with zero attached hydrogens (tertiary/aromatic N) is 4. The number of piperidine rings is 1. The molecule has 0 amide bonds. The molecule has 0 radical (unpaired) electrons. The van der Waals surface area contributed by atoms with Gasteiger partial charge in [0.15, 0.2) is 17.3 Å². The molecule has 0 spiro atoms. The molecule has 2 aromatic heterocycles. The number of hydrogen-bond acceptors (Lipinski definition) is 6. The minimum atomic E-state index is 0.288. The highest BCUT2D eigenvalue weighted by molar-refractivity contribution is 5.72. The molecule has 1 saturated heterocycles. The summed E-state index contributed by atoms with van der Waals surface area (Å²) in [4.78, 5) is 11.5. The fraction of sp³-hybridized carbons (Fsp3) is 0.500. The Morgan fingerprint density at radius 2 is 2.12 bits per heavy atom. The van der Waals surface area contributed by atoms with Crippen molar-refractivity contribution < 1.29 is 8.94 Å². The molecule has 1 fully saturated rings. The first kappa shape index (κ1) is 15.3. The first-order valence-corrected chi connectivity index (χ1v) is 8.59. The number of rotatable bonds is 4. The molecule has 3 heterocycles. The average molecular weight is 326 g/mol. The summed E-state index contributed by atoms with van der Waals surface area (Å²) in [6.45, 7) is 6.77. The quantitative estimate of drug-likeness (QED) is 0.728. The average Bonchev–Trinajstić information content (AvgIpc) is 3.21. The summed E-state index contributed by atoms with van der Waals surface area (Å²) >= 11 is 0. The number of aromatic nitrogens is 3. The highest BCUT2D eigenvalue weighted by Gasteiger charge is 2.26. The molecule has 0 saturated carbocycles. The molecule has 1 atom stereocenters. The van der Waals surface area contributed by atoms with E-state index in [9.17, 15) is 0 Å². The van der Waals surface area contributed by atoms with Crippen molar-refractivity contribution in [3.8, 4) is 0 Å². The maximum atomic E-state index is 5.95. The highest BCUT2D eigenvalue weighted by atomic mass is 16.5. The van der Waals surface area contributed by atoms with Gasteiger partial charge in [-0.1, -0.05) is 31.1 Å². The SMILES string of the molecule is CC(C)c1noc(CN2CCC[C@@H](c3nc4ccccc4o3)C2)n1. The Balaban J connectivity index is 1.46. The van der Waals surface area contributed by atoms with E-state index in [2.05, 4.69) is 33.9 Å². The first-order chi connectivity index (χ1) is 11.7. The topological polar surface area (TPSA) is 68.2 Å². The van der Waals surface area contributed by atoms with E-state index in [0.717, 1.165) is 48.7 Å². The molecule has 0 aliphatic carbocycles. The summed E-state index contributed by atoms with van der Waals surface area (Å²) in [6.07, 6.45) is 2.22. The van der Waals surface area contributed by atoms with Crippen molar-refractivity contribution >= 4 is 11.1 Å². The van der Waals surface area contributed by atoms with E-state index in [1.165, 1.54) is 0 Å². The summed E-state index contributed by atoms with van der Waals surface area (Å²) in [5, 5.41) is 4.04. The number of benzene rings is 1. The van der Waals surface area contributed by atoms with Crippen molar-refractivity contribution in [2.45, 2.75) is 45.1 Å². The van der Waals surface area contributed by atoms with E-state index in [1.54, 1.807) is 0 Å². The second-order valence-corrected chi connectivity index (χ2v) is 6.80.